The summed E-state index contributed by atoms with van der Waals surface area (Å²) in [6.45, 7) is 6.60. The van der Waals surface area contributed by atoms with Crippen LogP contribution in [0.2, 0.25) is 0 Å². The minimum absolute atomic E-state index is 1.04. The van der Waals surface area contributed by atoms with Crippen molar-refractivity contribution in [3.8, 4) is 0 Å². The van der Waals surface area contributed by atoms with Crippen molar-refractivity contribution in [3.63, 3.8) is 0 Å². The molecule has 0 bridgehead atoms. The largest absolute Gasteiger partial charge is 0.313 e. The highest BCUT2D eigenvalue weighted by Crippen LogP contribution is 2.20. The number of rotatable bonds is 8. The first-order chi connectivity index (χ1) is 7.74. The molecule has 16 heavy (non-hydrogen) atoms. The van der Waals surface area contributed by atoms with E-state index >= 15 is 0 Å². The van der Waals surface area contributed by atoms with E-state index < -0.39 is 0 Å². The molecule has 0 amide bonds. The van der Waals surface area contributed by atoms with Crippen molar-refractivity contribution >= 4 is 23.1 Å². The second-order valence-electron chi connectivity index (χ2n) is 4.17. The summed E-state index contributed by atoms with van der Waals surface area (Å²) in [5, 5.41) is 3.53. The first-order valence-electron chi connectivity index (χ1n) is 5.99. The lowest BCUT2D eigenvalue weighted by molar-refractivity contribution is 0.618. The molecule has 0 aromatic carbocycles. The monoisotopic (exact) mass is 257 g/mol. The van der Waals surface area contributed by atoms with Gasteiger partial charge in [-0.2, -0.15) is 11.8 Å². The fraction of sp³-hybridized carbons (Fsp3) is 0.692. The second kappa shape index (κ2) is 8.15. The zero-order valence-electron chi connectivity index (χ0n) is 10.6. The van der Waals surface area contributed by atoms with Crippen molar-refractivity contribution in [3.05, 3.63) is 21.4 Å². The van der Waals surface area contributed by atoms with Crippen molar-refractivity contribution in [2.24, 2.45) is 0 Å². The van der Waals surface area contributed by atoms with Gasteiger partial charge in [0.15, 0.2) is 0 Å². The highest BCUT2D eigenvalue weighted by atomic mass is 32.2. The van der Waals surface area contributed by atoms with Gasteiger partial charge in [-0.05, 0) is 56.9 Å². The average Bonchev–Trinajstić information content (AvgIpc) is 2.56. The first-order valence-corrected chi connectivity index (χ1v) is 8.20. The lowest BCUT2D eigenvalue weighted by atomic mass is 10.2. The van der Waals surface area contributed by atoms with Crippen molar-refractivity contribution < 1.29 is 0 Å². The van der Waals surface area contributed by atoms with Crippen molar-refractivity contribution in [2.75, 3.05) is 18.6 Å². The summed E-state index contributed by atoms with van der Waals surface area (Å²) in [6, 6.07) is 2.31. The van der Waals surface area contributed by atoms with Crippen LogP contribution in [0.3, 0.4) is 0 Å². The van der Waals surface area contributed by atoms with Gasteiger partial charge in [-0.15, -0.1) is 11.3 Å². The lowest BCUT2D eigenvalue weighted by Crippen LogP contribution is -2.14. The van der Waals surface area contributed by atoms with E-state index in [1.165, 1.54) is 40.3 Å². The minimum atomic E-state index is 1.04. The van der Waals surface area contributed by atoms with Crippen LogP contribution in [-0.4, -0.2) is 18.6 Å². The highest BCUT2D eigenvalue weighted by Gasteiger charge is 2.01. The number of thiophene rings is 1. The van der Waals surface area contributed by atoms with E-state index in [-0.39, 0.29) is 0 Å². The third-order valence-electron chi connectivity index (χ3n) is 2.66. The Morgan fingerprint density at radius 1 is 1.25 bits per heavy atom. The molecule has 1 aromatic heterocycles. The van der Waals surface area contributed by atoms with E-state index in [1.54, 1.807) is 0 Å². The SMILES string of the molecule is CSCCCCCNCc1cc(C)sc1C. The maximum atomic E-state index is 3.53. The molecule has 0 atom stereocenters. The number of hydrogen-bond donors (Lipinski definition) is 1. The van der Waals surface area contributed by atoms with Gasteiger partial charge < -0.3 is 5.32 Å². The van der Waals surface area contributed by atoms with Gasteiger partial charge >= 0.3 is 0 Å². The fourth-order valence-electron chi connectivity index (χ4n) is 1.76. The Morgan fingerprint density at radius 3 is 2.69 bits per heavy atom. The molecular formula is C13H23NS2. The molecule has 0 aliphatic heterocycles. The number of hydrogen-bond acceptors (Lipinski definition) is 3. The van der Waals surface area contributed by atoms with Crippen LogP contribution in [0.4, 0.5) is 0 Å². The molecule has 0 spiro atoms. The van der Waals surface area contributed by atoms with E-state index in [2.05, 4.69) is 31.5 Å². The van der Waals surface area contributed by atoms with E-state index in [0.29, 0.717) is 0 Å². The van der Waals surface area contributed by atoms with Gasteiger partial charge in [-0.1, -0.05) is 6.42 Å². The zero-order chi connectivity index (χ0) is 11.8. The zero-order valence-corrected chi connectivity index (χ0v) is 12.3. The van der Waals surface area contributed by atoms with Crippen LogP contribution in [0.5, 0.6) is 0 Å². The molecule has 0 saturated heterocycles. The molecular weight excluding hydrogens is 234 g/mol. The number of unbranched alkanes of at least 4 members (excludes halogenated alkanes) is 2. The van der Waals surface area contributed by atoms with E-state index in [9.17, 15) is 0 Å². The Labute approximate surface area is 108 Å². The molecule has 0 fully saturated rings. The van der Waals surface area contributed by atoms with Crippen LogP contribution in [0.1, 0.15) is 34.6 Å². The molecule has 1 N–H and O–H groups in total. The predicted molar refractivity (Wildman–Crippen MR) is 77.7 cm³/mol. The van der Waals surface area contributed by atoms with Crippen molar-refractivity contribution in [1.82, 2.24) is 5.32 Å². The molecule has 1 nitrogen and oxygen atoms in total. The molecule has 0 unspecified atom stereocenters. The molecule has 0 radical (unpaired) electrons. The molecule has 1 rings (SSSR count). The quantitative estimate of drug-likeness (QED) is 0.707. The summed E-state index contributed by atoms with van der Waals surface area (Å²) in [6.07, 6.45) is 6.21. The van der Waals surface area contributed by atoms with Crippen LogP contribution >= 0.6 is 23.1 Å². The van der Waals surface area contributed by atoms with Crippen LogP contribution in [-0.2, 0) is 6.54 Å². The average molecular weight is 257 g/mol. The molecule has 3 heteroatoms. The molecule has 0 saturated carbocycles. The van der Waals surface area contributed by atoms with E-state index in [1.807, 2.05) is 23.1 Å². The predicted octanol–water partition coefficient (Wildman–Crippen LogP) is 3.99. The van der Waals surface area contributed by atoms with Gasteiger partial charge in [0, 0.05) is 16.3 Å². The fourth-order valence-corrected chi connectivity index (χ4v) is 3.19. The number of nitrogens with one attached hydrogen (secondary N) is 1. The van der Waals surface area contributed by atoms with Crippen LogP contribution in [0, 0.1) is 13.8 Å². The van der Waals surface area contributed by atoms with Crippen LogP contribution in [0.25, 0.3) is 0 Å². The van der Waals surface area contributed by atoms with Gasteiger partial charge in [-0.3, -0.25) is 0 Å². The van der Waals surface area contributed by atoms with Gasteiger partial charge in [0.25, 0.3) is 0 Å². The van der Waals surface area contributed by atoms with Gasteiger partial charge in [0.05, 0.1) is 0 Å². The van der Waals surface area contributed by atoms with E-state index in [4.69, 9.17) is 0 Å². The van der Waals surface area contributed by atoms with Crippen LogP contribution < -0.4 is 5.32 Å². The number of aryl methyl sites for hydroxylation is 2. The van der Waals surface area contributed by atoms with Gasteiger partial charge in [0.2, 0.25) is 0 Å². The Morgan fingerprint density at radius 2 is 2.06 bits per heavy atom. The normalized spacial score (nSPS) is 10.9. The summed E-state index contributed by atoms with van der Waals surface area (Å²) >= 11 is 3.85. The highest BCUT2D eigenvalue weighted by molar-refractivity contribution is 7.98. The van der Waals surface area contributed by atoms with Crippen molar-refractivity contribution in [1.29, 1.82) is 0 Å². The topological polar surface area (TPSA) is 12.0 Å². The van der Waals surface area contributed by atoms with Gasteiger partial charge in [0.1, 0.15) is 0 Å². The molecule has 0 aliphatic rings. The van der Waals surface area contributed by atoms with E-state index in [0.717, 1.165) is 13.1 Å². The Bertz CT molecular complexity index is 294. The molecule has 1 heterocycles. The molecule has 1 aromatic rings. The summed E-state index contributed by atoms with van der Waals surface area (Å²) in [5.41, 5.74) is 1.48. The standard InChI is InChI=1S/C13H23NS2/c1-11-9-13(12(2)16-11)10-14-7-5-4-6-8-15-3/h9,14H,4-8,10H2,1-3H3. The third kappa shape index (κ3) is 5.37. The lowest BCUT2D eigenvalue weighted by Gasteiger charge is -2.04. The number of thioether (sulfide) groups is 1. The third-order valence-corrected chi connectivity index (χ3v) is 4.37. The summed E-state index contributed by atoms with van der Waals surface area (Å²) in [5.74, 6) is 1.31. The summed E-state index contributed by atoms with van der Waals surface area (Å²) < 4.78 is 0. The Balaban J connectivity index is 2.05. The smallest absolute Gasteiger partial charge is 0.0216 e. The molecule has 92 valence electrons. The Hall–Kier alpha value is 0.01000. The first kappa shape index (κ1) is 14.1. The summed E-state index contributed by atoms with van der Waals surface area (Å²) in [7, 11) is 0. The minimum Gasteiger partial charge on any atom is -0.313 e. The molecule has 0 aliphatic carbocycles. The maximum Gasteiger partial charge on any atom is 0.0216 e. The van der Waals surface area contributed by atoms with Crippen LogP contribution in [0.15, 0.2) is 6.07 Å². The van der Waals surface area contributed by atoms with Gasteiger partial charge in [-0.25, -0.2) is 0 Å². The van der Waals surface area contributed by atoms with Crippen molar-refractivity contribution in [2.45, 2.75) is 39.7 Å². The maximum absolute atomic E-state index is 3.53. The Kier molecular flexibility index (Phi) is 7.17. The second-order valence-corrected chi connectivity index (χ2v) is 6.61. The summed E-state index contributed by atoms with van der Waals surface area (Å²) in [4.78, 5) is 2.89.